The molecule has 1 heteroatoms. The summed E-state index contributed by atoms with van der Waals surface area (Å²) in [7, 11) is 4.41. The summed E-state index contributed by atoms with van der Waals surface area (Å²) in [4.78, 5) is 2.39. The van der Waals surface area contributed by atoms with Crippen molar-refractivity contribution >= 4 is 0 Å². The zero-order valence-electron chi connectivity index (χ0n) is 10.0. The number of nitrogens with zero attached hydrogens (tertiary/aromatic N) is 1. The molecule has 1 saturated carbocycles. The number of aryl methyl sites for hydroxylation is 1. The Morgan fingerprint density at radius 3 is 2.67 bits per heavy atom. The van der Waals surface area contributed by atoms with E-state index in [9.17, 15) is 0 Å². The zero-order valence-corrected chi connectivity index (χ0v) is 10.0. The zero-order chi connectivity index (χ0) is 10.8. The molecule has 2 unspecified atom stereocenters. The van der Waals surface area contributed by atoms with E-state index < -0.39 is 0 Å². The molecule has 1 aromatic rings. The van der Waals surface area contributed by atoms with Crippen LogP contribution < -0.4 is 0 Å². The average molecular weight is 203 g/mol. The Labute approximate surface area is 93.1 Å². The van der Waals surface area contributed by atoms with Crippen LogP contribution >= 0.6 is 0 Å². The van der Waals surface area contributed by atoms with Crippen LogP contribution in [0.1, 0.15) is 36.3 Å². The topological polar surface area (TPSA) is 3.24 Å². The first kappa shape index (κ1) is 10.7. The first-order chi connectivity index (χ1) is 7.18. The van der Waals surface area contributed by atoms with Gasteiger partial charge in [-0.05, 0) is 45.3 Å². The second-order valence-electron chi connectivity index (χ2n) is 4.98. The number of hydrogen-bond donors (Lipinski definition) is 0. The molecule has 0 N–H and O–H groups in total. The highest BCUT2D eigenvalue weighted by Gasteiger charge is 2.29. The fourth-order valence-corrected chi connectivity index (χ4v) is 2.85. The van der Waals surface area contributed by atoms with Gasteiger partial charge in [-0.1, -0.05) is 36.2 Å². The number of rotatable bonds is 2. The molecule has 82 valence electrons. The molecule has 1 fully saturated rings. The third kappa shape index (κ3) is 2.23. The van der Waals surface area contributed by atoms with Crippen molar-refractivity contribution in [1.82, 2.24) is 4.90 Å². The first-order valence-electron chi connectivity index (χ1n) is 5.91. The smallest absolute Gasteiger partial charge is 0.0158 e. The van der Waals surface area contributed by atoms with E-state index in [1.165, 1.54) is 30.4 Å². The van der Waals surface area contributed by atoms with Gasteiger partial charge in [0.25, 0.3) is 0 Å². The van der Waals surface area contributed by atoms with E-state index in [1.54, 1.807) is 0 Å². The van der Waals surface area contributed by atoms with Gasteiger partial charge in [0.2, 0.25) is 0 Å². The average Bonchev–Trinajstić information content (AvgIpc) is 2.65. The van der Waals surface area contributed by atoms with Crippen LogP contribution in [0.3, 0.4) is 0 Å². The van der Waals surface area contributed by atoms with E-state index in [4.69, 9.17) is 0 Å². The van der Waals surface area contributed by atoms with E-state index in [0.29, 0.717) is 0 Å². The van der Waals surface area contributed by atoms with Gasteiger partial charge in [0.15, 0.2) is 0 Å². The summed E-state index contributed by atoms with van der Waals surface area (Å²) in [6.07, 6.45) is 4.08. The molecule has 1 nitrogen and oxygen atoms in total. The Bertz CT molecular complexity index is 330. The summed E-state index contributed by atoms with van der Waals surface area (Å²) in [6, 6.07) is 9.76. The molecule has 1 aliphatic carbocycles. The van der Waals surface area contributed by atoms with Gasteiger partial charge >= 0.3 is 0 Å². The summed E-state index contributed by atoms with van der Waals surface area (Å²) in [6.45, 7) is 2.18. The van der Waals surface area contributed by atoms with Gasteiger partial charge in [0, 0.05) is 6.04 Å². The minimum atomic E-state index is 0.742. The van der Waals surface area contributed by atoms with Crippen LogP contribution in [0, 0.1) is 6.92 Å². The van der Waals surface area contributed by atoms with E-state index in [0.717, 1.165) is 12.0 Å². The second kappa shape index (κ2) is 4.36. The third-order valence-electron chi connectivity index (χ3n) is 3.61. The van der Waals surface area contributed by atoms with Crippen LogP contribution in [0.4, 0.5) is 0 Å². The minimum Gasteiger partial charge on any atom is -0.306 e. The molecule has 2 rings (SSSR count). The van der Waals surface area contributed by atoms with Crippen LogP contribution in [-0.2, 0) is 0 Å². The quantitative estimate of drug-likeness (QED) is 0.713. The molecule has 0 saturated heterocycles. The highest BCUT2D eigenvalue weighted by Crippen LogP contribution is 2.36. The van der Waals surface area contributed by atoms with Gasteiger partial charge in [-0.15, -0.1) is 0 Å². The summed E-state index contributed by atoms with van der Waals surface area (Å²) in [5, 5.41) is 0. The molecular formula is C14H21N. The highest BCUT2D eigenvalue weighted by atomic mass is 15.1. The predicted octanol–water partition coefficient (Wildman–Crippen LogP) is 3.19. The Balaban J connectivity index is 2.22. The van der Waals surface area contributed by atoms with Gasteiger partial charge in [0.05, 0.1) is 0 Å². The van der Waals surface area contributed by atoms with Crippen molar-refractivity contribution in [2.24, 2.45) is 0 Å². The molecule has 0 aromatic heterocycles. The van der Waals surface area contributed by atoms with Gasteiger partial charge < -0.3 is 4.90 Å². The van der Waals surface area contributed by atoms with Crippen molar-refractivity contribution < 1.29 is 0 Å². The first-order valence-corrected chi connectivity index (χ1v) is 5.91. The van der Waals surface area contributed by atoms with Crippen LogP contribution in [-0.4, -0.2) is 25.0 Å². The second-order valence-corrected chi connectivity index (χ2v) is 4.98. The highest BCUT2D eigenvalue weighted by molar-refractivity contribution is 5.27. The lowest BCUT2D eigenvalue weighted by molar-refractivity contribution is 0.276. The van der Waals surface area contributed by atoms with Crippen LogP contribution in [0.2, 0.25) is 0 Å². The van der Waals surface area contributed by atoms with E-state index in [1.807, 2.05) is 0 Å². The van der Waals surface area contributed by atoms with E-state index in [-0.39, 0.29) is 0 Å². The number of benzene rings is 1. The van der Waals surface area contributed by atoms with Crippen LogP contribution in [0.15, 0.2) is 24.3 Å². The monoisotopic (exact) mass is 203 g/mol. The molecule has 0 aliphatic heterocycles. The fourth-order valence-electron chi connectivity index (χ4n) is 2.85. The normalized spacial score (nSPS) is 26.1. The summed E-state index contributed by atoms with van der Waals surface area (Å²) >= 11 is 0. The SMILES string of the molecule is Cc1cccc(C2CCCC2N(C)C)c1. The molecule has 2 atom stereocenters. The Kier molecular flexibility index (Phi) is 3.11. The van der Waals surface area contributed by atoms with Crippen molar-refractivity contribution in [3.8, 4) is 0 Å². The van der Waals surface area contributed by atoms with Crippen molar-refractivity contribution in [3.05, 3.63) is 35.4 Å². The van der Waals surface area contributed by atoms with Crippen molar-refractivity contribution in [2.75, 3.05) is 14.1 Å². The van der Waals surface area contributed by atoms with Gasteiger partial charge in [-0.3, -0.25) is 0 Å². The van der Waals surface area contributed by atoms with Crippen molar-refractivity contribution in [2.45, 2.75) is 38.1 Å². The summed E-state index contributed by atoms with van der Waals surface area (Å²) in [5.41, 5.74) is 2.92. The fraction of sp³-hybridized carbons (Fsp3) is 0.571. The molecule has 1 aliphatic rings. The van der Waals surface area contributed by atoms with Gasteiger partial charge in [-0.25, -0.2) is 0 Å². The maximum Gasteiger partial charge on any atom is 0.0158 e. The van der Waals surface area contributed by atoms with Crippen LogP contribution in [0.25, 0.3) is 0 Å². The summed E-state index contributed by atoms with van der Waals surface area (Å²) < 4.78 is 0. The Hall–Kier alpha value is -0.820. The lowest BCUT2D eigenvalue weighted by Gasteiger charge is -2.26. The molecule has 1 aromatic carbocycles. The molecule has 0 radical (unpaired) electrons. The Morgan fingerprint density at radius 2 is 2.00 bits per heavy atom. The maximum absolute atomic E-state index is 2.39. The predicted molar refractivity (Wildman–Crippen MR) is 65.2 cm³/mol. The maximum atomic E-state index is 2.39. The summed E-state index contributed by atoms with van der Waals surface area (Å²) in [5.74, 6) is 0.750. The molecule has 15 heavy (non-hydrogen) atoms. The van der Waals surface area contributed by atoms with Gasteiger partial charge in [-0.2, -0.15) is 0 Å². The van der Waals surface area contributed by atoms with Crippen molar-refractivity contribution in [3.63, 3.8) is 0 Å². The van der Waals surface area contributed by atoms with Crippen molar-refractivity contribution in [1.29, 1.82) is 0 Å². The molecule has 0 heterocycles. The molecular weight excluding hydrogens is 182 g/mol. The molecule has 0 amide bonds. The van der Waals surface area contributed by atoms with Crippen LogP contribution in [0.5, 0.6) is 0 Å². The lowest BCUT2D eigenvalue weighted by atomic mass is 9.92. The van der Waals surface area contributed by atoms with Gasteiger partial charge in [0.1, 0.15) is 0 Å². The third-order valence-corrected chi connectivity index (χ3v) is 3.61. The van der Waals surface area contributed by atoms with E-state index in [2.05, 4.69) is 50.2 Å². The number of likely N-dealkylation sites (N-methyl/N-ethyl adjacent to an activating group) is 1. The lowest BCUT2D eigenvalue weighted by Crippen LogP contribution is -2.30. The molecule has 0 spiro atoms. The molecule has 0 bridgehead atoms. The largest absolute Gasteiger partial charge is 0.306 e. The Morgan fingerprint density at radius 1 is 1.20 bits per heavy atom. The minimum absolute atomic E-state index is 0.742. The van der Waals surface area contributed by atoms with E-state index >= 15 is 0 Å². The number of hydrogen-bond acceptors (Lipinski definition) is 1. The standard InChI is InChI=1S/C14H21N/c1-11-6-4-7-12(10-11)13-8-5-9-14(13)15(2)3/h4,6-7,10,13-14H,5,8-9H2,1-3H3.